The van der Waals surface area contributed by atoms with Gasteiger partial charge in [0, 0.05) is 13.1 Å². The molecule has 0 saturated carbocycles. The molecule has 1 amide bonds. The number of nitrogens with two attached hydrogens (primary N) is 1. The highest BCUT2D eigenvalue weighted by molar-refractivity contribution is 5.82. The first-order valence-electron chi connectivity index (χ1n) is 7.51. The fraction of sp³-hybridized carbons (Fsp3) is 0.278. The van der Waals surface area contributed by atoms with Crippen LogP contribution < -0.4 is 5.73 Å². The highest BCUT2D eigenvalue weighted by atomic mass is 16.3. The molecule has 0 spiro atoms. The first-order chi connectivity index (χ1) is 10.7. The van der Waals surface area contributed by atoms with E-state index in [0.717, 1.165) is 12.0 Å². The van der Waals surface area contributed by atoms with Crippen molar-refractivity contribution in [3.63, 3.8) is 0 Å². The van der Waals surface area contributed by atoms with Crippen LogP contribution >= 0.6 is 0 Å². The summed E-state index contributed by atoms with van der Waals surface area (Å²) in [6.07, 6.45) is 0.819. The summed E-state index contributed by atoms with van der Waals surface area (Å²) in [6, 6.07) is 15.8. The average Bonchev–Trinajstić information content (AvgIpc) is 2.60. The summed E-state index contributed by atoms with van der Waals surface area (Å²) in [6.45, 7) is 0.907. The lowest BCUT2D eigenvalue weighted by Crippen LogP contribution is -2.47. The quantitative estimate of drug-likeness (QED) is 0.903. The van der Waals surface area contributed by atoms with Crippen LogP contribution in [0.2, 0.25) is 0 Å². The van der Waals surface area contributed by atoms with Gasteiger partial charge >= 0.3 is 0 Å². The molecular formula is C18H20N2O2. The first-order valence-corrected chi connectivity index (χ1v) is 7.51. The molecule has 2 aromatic rings. The monoisotopic (exact) mass is 296 g/mol. The van der Waals surface area contributed by atoms with E-state index in [1.807, 2.05) is 18.2 Å². The van der Waals surface area contributed by atoms with Crippen LogP contribution in [-0.4, -0.2) is 35.1 Å². The molecule has 0 bridgehead atoms. The van der Waals surface area contributed by atoms with Crippen LogP contribution in [-0.2, 0) is 17.8 Å². The van der Waals surface area contributed by atoms with Crippen molar-refractivity contribution in [2.45, 2.75) is 19.0 Å². The topological polar surface area (TPSA) is 66.6 Å². The van der Waals surface area contributed by atoms with Gasteiger partial charge in [-0.05, 0) is 28.7 Å². The van der Waals surface area contributed by atoms with Gasteiger partial charge in [-0.1, -0.05) is 48.5 Å². The zero-order valence-corrected chi connectivity index (χ0v) is 12.4. The Kier molecular flexibility index (Phi) is 4.22. The highest BCUT2D eigenvalue weighted by Crippen LogP contribution is 2.26. The number of carbonyl (C=O) groups is 1. The lowest BCUT2D eigenvalue weighted by atomic mass is 9.94. The number of amides is 1. The van der Waals surface area contributed by atoms with Gasteiger partial charge in [0.1, 0.15) is 6.04 Å². The van der Waals surface area contributed by atoms with E-state index >= 15 is 0 Å². The maximum Gasteiger partial charge on any atom is 0.242 e. The summed E-state index contributed by atoms with van der Waals surface area (Å²) >= 11 is 0. The zero-order chi connectivity index (χ0) is 15.5. The number of aliphatic hydroxyl groups excluding tert-OH is 1. The summed E-state index contributed by atoms with van der Waals surface area (Å²) in [5.74, 6) is -0.180. The minimum absolute atomic E-state index is 0.180. The second kappa shape index (κ2) is 6.30. The van der Waals surface area contributed by atoms with E-state index in [1.165, 1.54) is 16.7 Å². The molecule has 114 valence electrons. The van der Waals surface area contributed by atoms with Crippen LogP contribution in [0, 0.1) is 0 Å². The Morgan fingerprint density at radius 1 is 1.14 bits per heavy atom. The minimum atomic E-state index is -0.815. The Morgan fingerprint density at radius 3 is 2.64 bits per heavy atom. The van der Waals surface area contributed by atoms with E-state index in [2.05, 4.69) is 30.3 Å². The number of aliphatic hydroxyl groups is 1. The van der Waals surface area contributed by atoms with Gasteiger partial charge in [-0.15, -0.1) is 0 Å². The van der Waals surface area contributed by atoms with Gasteiger partial charge in [-0.2, -0.15) is 0 Å². The van der Waals surface area contributed by atoms with E-state index in [4.69, 9.17) is 10.8 Å². The van der Waals surface area contributed by atoms with E-state index in [1.54, 1.807) is 4.90 Å². The van der Waals surface area contributed by atoms with Gasteiger partial charge in [-0.3, -0.25) is 4.79 Å². The Labute approximate surface area is 130 Å². The predicted octanol–water partition coefficient (Wildman–Crippen LogP) is 1.56. The van der Waals surface area contributed by atoms with E-state index in [-0.39, 0.29) is 12.5 Å². The lowest BCUT2D eigenvalue weighted by molar-refractivity contribution is -0.134. The molecule has 3 N–H and O–H groups in total. The molecule has 0 unspecified atom stereocenters. The van der Waals surface area contributed by atoms with Gasteiger partial charge < -0.3 is 15.7 Å². The summed E-state index contributed by atoms with van der Waals surface area (Å²) in [5.41, 5.74) is 10.5. The van der Waals surface area contributed by atoms with Crippen LogP contribution in [0.25, 0.3) is 11.1 Å². The standard InChI is InChI=1S/C18H20N2O2/c19-17(12-21)18(22)20-9-8-15-10-14(6-7-16(15)11-20)13-4-2-1-3-5-13/h1-7,10,17,21H,8-9,11-12,19H2/t17-/m1/s1. The Hall–Kier alpha value is -2.17. The fourth-order valence-corrected chi connectivity index (χ4v) is 2.86. The lowest BCUT2D eigenvalue weighted by Gasteiger charge is -2.30. The molecule has 3 rings (SSSR count). The van der Waals surface area contributed by atoms with Gasteiger partial charge in [0.2, 0.25) is 5.91 Å². The average molecular weight is 296 g/mol. The SMILES string of the molecule is N[C@H](CO)C(=O)N1CCc2cc(-c3ccccc3)ccc2C1. The summed E-state index contributed by atoms with van der Waals surface area (Å²) in [7, 11) is 0. The first kappa shape index (κ1) is 14.8. The Morgan fingerprint density at radius 2 is 1.91 bits per heavy atom. The van der Waals surface area contributed by atoms with Gasteiger partial charge in [0.05, 0.1) is 6.61 Å². The van der Waals surface area contributed by atoms with Crippen molar-refractivity contribution in [1.29, 1.82) is 0 Å². The Balaban J connectivity index is 1.81. The summed E-state index contributed by atoms with van der Waals surface area (Å²) in [5, 5.41) is 9.02. The minimum Gasteiger partial charge on any atom is -0.394 e. The molecule has 4 nitrogen and oxygen atoms in total. The maximum atomic E-state index is 12.1. The third kappa shape index (κ3) is 2.89. The van der Waals surface area contributed by atoms with Gasteiger partial charge in [-0.25, -0.2) is 0 Å². The van der Waals surface area contributed by atoms with Crippen LogP contribution in [0.4, 0.5) is 0 Å². The van der Waals surface area contributed by atoms with Crippen molar-refractivity contribution in [3.05, 3.63) is 59.7 Å². The van der Waals surface area contributed by atoms with E-state index in [9.17, 15) is 4.79 Å². The molecule has 4 heteroatoms. The molecular weight excluding hydrogens is 276 g/mol. The van der Waals surface area contributed by atoms with E-state index < -0.39 is 6.04 Å². The normalized spacial score (nSPS) is 15.3. The largest absolute Gasteiger partial charge is 0.394 e. The highest BCUT2D eigenvalue weighted by Gasteiger charge is 2.24. The molecule has 22 heavy (non-hydrogen) atoms. The van der Waals surface area contributed by atoms with Gasteiger partial charge in [0.25, 0.3) is 0 Å². The maximum absolute atomic E-state index is 12.1. The third-order valence-electron chi connectivity index (χ3n) is 4.15. The van der Waals surface area contributed by atoms with Crippen LogP contribution in [0.3, 0.4) is 0 Å². The number of fused-ring (bicyclic) bond motifs is 1. The smallest absolute Gasteiger partial charge is 0.242 e. The Bertz CT molecular complexity index is 670. The van der Waals surface area contributed by atoms with Crippen molar-refractivity contribution in [2.75, 3.05) is 13.2 Å². The molecule has 1 aliphatic rings. The van der Waals surface area contributed by atoms with Crippen LogP contribution in [0.1, 0.15) is 11.1 Å². The van der Waals surface area contributed by atoms with Crippen molar-refractivity contribution >= 4 is 5.91 Å². The van der Waals surface area contributed by atoms with E-state index in [0.29, 0.717) is 13.1 Å². The molecule has 1 aliphatic heterocycles. The molecule has 2 aromatic carbocycles. The predicted molar refractivity (Wildman–Crippen MR) is 86.1 cm³/mol. The number of rotatable bonds is 3. The summed E-state index contributed by atoms with van der Waals surface area (Å²) < 4.78 is 0. The van der Waals surface area contributed by atoms with Crippen molar-refractivity contribution in [1.82, 2.24) is 4.90 Å². The van der Waals surface area contributed by atoms with Crippen LogP contribution in [0.5, 0.6) is 0 Å². The molecule has 0 aliphatic carbocycles. The van der Waals surface area contributed by atoms with Crippen molar-refractivity contribution in [3.8, 4) is 11.1 Å². The molecule has 1 atom stereocenters. The van der Waals surface area contributed by atoms with Crippen LogP contribution in [0.15, 0.2) is 48.5 Å². The second-order valence-electron chi connectivity index (χ2n) is 5.65. The molecule has 0 aromatic heterocycles. The number of benzene rings is 2. The molecule has 1 heterocycles. The number of hydrogen-bond donors (Lipinski definition) is 2. The third-order valence-corrected chi connectivity index (χ3v) is 4.15. The molecule has 0 saturated heterocycles. The zero-order valence-electron chi connectivity index (χ0n) is 12.4. The van der Waals surface area contributed by atoms with Gasteiger partial charge in [0.15, 0.2) is 0 Å². The number of nitrogens with zero attached hydrogens (tertiary/aromatic N) is 1. The number of carbonyl (C=O) groups excluding carboxylic acids is 1. The van der Waals surface area contributed by atoms with Crippen molar-refractivity contribution < 1.29 is 9.90 Å². The molecule has 0 radical (unpaired) electrons. The molecule has 0 fully saturated rings. The second-order valence-corrected chi connectivity index (χ2v) is 5.65. The number of hydrogen-bond acceptors (Lipinski definition) is 3. The fourth-order valence-electron chi connectivity index (χ4n) is 2.86. The van der Waals surface area contributed by atoms with Crippen molar-refractivity contribution in [2.24, 2.45) is 5.73 Å². The summed E-state index contributed by atoms with van der Waals surface area (Å²) in [4.78, 5) is 13.8.